The standard InChI is InChI=1S/C18H17N3O2/c1-3-13(2)18(22)23-17-10-8-16(9-11-17)21-20-15-6-4-14(12-19)5-7-15/h4-11,13H,3H2,1-2H3/b21-20+. The van der Waals surface area contributed by atoms with Gasteiger partial charge < -0.3 is 4.74 Å². The van der Waals surface area contributed by atoms with Crippen molar-refractivity contribution < 1.29 is 9.53 Å². The van der Waals surface area contributed by atoms with E-state index < -0.39 is 0 Å². The fraction of sp³-hybridized carbons (Fsp3) is 0.222. The fourth-order valence-electron chi connectivity index (χ4n) is 1.68. The lowest BCUT2D eigenvalue weighted by Crippen LogP contribution is -2.16. The average Bonchev–Trinajstić information content (AvgIpc) is 2.60. The van der Waals surface area contributed by atoms with Crippen molar-refractivity contribution in [3.05, 3.63) is 54.1 Å². The highest BCUT2D eigenvalue weighted by atomic mass is 16.5. The van der Waals surface area contributed by atoms with E-state index in [2.05, 4.69) is 10.2 Å². The molecule has 116 valence electrons. The highest BCUT2D eigenvalue weighted by molar-refractivity contribution is 5.74. The monoisotopic (exact) mass is 307 g/mol. The molecule has 2 aromatic carbocycles. The van der Waals surface area contributed by atoms with Crippen molar-refractivity contribution in [1.29, 1.82) is 5.26 Å². The molecular formula is C18H17N3O2. The molecule has 1 unspecified atom stereocenters. The Morgan fingerprint density at radius 1 is 1.09 bits per heavy atom. The molecule has 23 heavy (non-hydrogen) atoms. The minimum atomic E-state index is -0.237. The van der Waals surface area contributed by atoms with Crippen LogP contribution < -0.4 is 4.74 Å². The van der Waals surface area contributed by atoms with Crippen molar-refractivity contribution in [2.24, 2.45) is 16.1 Å². The Kier molecular flexibility index (Phi) is 5.59. The zero-order valence-electron chi connectivity index (χ0n) is 13.1. The van der Waals surface area contributed by atoms with Crippen LogP contribution in [0.25, 0.3) is 0 Å². The first kappa shape index (κ1) is 16.4. The molecule has 2 rings (SSSR count). The molecule has 0 aliphatic carbocycles. The first-order valence-corrected chi connectivity index (χ1v) is 7.36. The average molecular weight is 307 g/mol. The summed E-state index contributed by atoms with van der Waals surface area (Å²) in [4.78, 5) is 11.7. The largest absolute Gasteiger partial charge is 0.426 e. The number of rotatable bonds is 5. The molecule has 0 heterocycles. The van der Waals surface area contributed by atoms with Crippen molar-refractivity contribution in [1.82, 2.24) is 0 Å². The van der Waals surface area contributed by atoms with E-state index in [9.17, 15) is 4.79 Å². The van der Waals surface area contributed by atoms with Gasteiger partial charge in [0.15, 0.2) is 0 Å². The predicted molar refractivity (Wildman–Crippen MR) is 86.9 cm³/mol. The summed E-state index contributed by atoms with van der Waals surface area (Å²) in [6.45, 7) is 3.78. The van der Waals surface area contributed by atoms with Crippen molar-refractivity contribution in [2.45, 2.75) is 20.3 Å². The number of hydrogen-bond donors (Lipinski definition) is 0. The van der Waals surface area contributed by atoms with Gasteiger partial charge in [0.05, 0.1) is 28.9 Å². The van der Waals surface area contributed by atoms with Gasteiger partial charge in [-0.3, -0.25) is 4.79 Å². The van der Waals surface area contributed by atoms with Gasteiger partial charge in [0.2, 0.25) is 0 Å². The first-order valence-electron chi connectivity index (χ1n) is 7.36. The summed E-state index contributed by atoms with van der Waals surface area (Å²) < 4.78 is 5.27. The highest BCUT2D eigenvalue weighted by Gasteiger charge is 2.12. The molecule has 0 aliphatic heterocycles. The third-order valence-electron chi connectivity index (χ3n) is 3.35. The molecule has 0 aromatic heterocycles. The zero-order valence-corrected chi connectivity index (χ0v) is 13.1. The summed E-state index contributed by atoms with van der Waals surface area (Å²) >= 11 is 0. The van der Waals surface area contributed by atoms with Gasteiger partial charge in [-0.2, -0.15) is 15.5 Å². The van der Waals surface area contributed by atoms with Gasteiger partial charge in [0, 0.05) is 0 Å². The second kappa shape index (κ2) is 7.85. The van der Waals surface area contributed by atoms with Gasteiger partial charge in [-0.05, 0) is 55.0 Å². The number of nitriles is 1. The Labute approximate surface area is 135 Å². The van der Waals surface area contributed by atoms with Crippen molar-refractivity contribution >= 4 is 17.3 Å². The molecule has 0 saturated carbocycles. The number of hydrogen-bond acceptors (Lipinski definition) is 5. The van der Waals surface area contributed by atoms with Crippen LogP contribution in [0.15, 0.2) is 58.8 Å². The SMILES string of the molecule is CCC(C)C(=O)Oc1ccc(/N=N/c2ccc(C#N)cc2)cc1. The smallest absolute Gasteiger partial charge is 0.314 e. The minimum absolute atomic E-state index is 0.120. The van der Waals surface area contributed by atoms with Crippen LogP contribution in [0.3, 0.4) is 0 Å². The molecule has 0 bridgehead atoms. The van der Waals surface area contributed by atoms with Crippen LogP contribution in [0.1, 0.15) is 25.8 Å². The van der Waals surface area contributed by atoms with Crippen LogP contribution in [0.5, 0.6) is 5.75 Å². The van der Waals surface area contributed by atoms with E-state index in [0.717, 1.165) is 6.42 Å². The van der Waals surface area contributed by atoms with Gasteiger partial charge in [-0.25, -0.2) is 0 Å². The van der Waals surface area contributed by atoms with Gasteiger partial charge in [-0.15, -0.1) is 0 Å². The van der Waals surface area contributed by atoms with E-state index in [1.165, 1.54) is 0 Å². The van der Waals surface area contributed by atoms with Crippen molar-refractivity contribution in [2.75, 3.05) is 0 Å². The molecule has 0 spiro atoms. The molecule has 1 atom stereocenters. The lowest BCUT2D eigenvalue weighted by molar-refractivity contribution is -0.138. The maximum absolute atomic E-state index is 11.7. The molecular weight excluding hydrogens is 290 g/mol. The maximum atomic E-state index is 11.7. The summed E-state index contributed by atoms with van der Waals surface area (Å²) in [6.07, 6.45) is 0.746. The highest BCUT2D eigenvalue weighted by Crippen LogP contribution is 2.22. The van der Waals surface area contributed by atoms with Crippen LogP contribution in [0, 0.1) is 17.2 Å². The van der Waals surface area contributed by atoms with E-state index in [1.807, 2.05) is 19.9 Å². The number of esters is 1. The Balaban J connectivity index is 2.00. The second-order valence-electron chi connectivity index (χ2n) is 5.08. The van der Waals surface area contributed by atoms with Crippen molar-refractivity contribution in [3.8, 4) is 11.8 Å². The van der Waals surface area contributed by atoms with E-state index in [0.29, 0.717) is 22.7 Å². The number of nitrogens with zero attached hydrogens (tertiary/aromatic N) is 3. The summed E-state index contributed by atoms with van der Waals surface area (Å²) in [6, 6.07) is 15.7. The lowest BCUT2D eigenvalue weighted by Gasteiger charge is -2.08. The maximum Gasteiger partial charge on any atom is 0.314 e. The molecule has 0 radical (unpaired) electrons. The second-order valence-corrected chi connectivity index (χ2v) is 5.08. The Bertz CT molecular complexity index is 728. The molecule has 5 nitrogen and oxygen atoms in total. The molecule has 5 heteroatoms. The Hall–Kier alpha value is -3.00. The van der Waals surface area contributed by atoms with Gasteiger partial charge in [0.1, 0.15) is 5.75 Å². The number of azo groups is 1. The fourth-order valence-corrected chi connectivity index (χ4v) is 1.68. The van der Waals surface area contributed by atoms with Crippen LogP contribution in [0.4, 0.5) is 11.4 Å². The van der Waals surface area contributed by atoms with E-state index in [1.54, 1.807) is 48.5 Å². The third-order valence-corrected chi connectivity index (χ3v) is 3.35. The molecule has 0 fully saturated rings. The number of carbonyl (C=O) groups is 1. The van der Waals surface area contributed by atoms with Gasteiger partial charge in [-0.1, -0.05) is 13.8 Å². The van der Waals surface area contributed by atoms with Crippen molar-refractivity contribution in [3.63, 3.8) is 0 Å². The number of ether oxygens (including phenoxy) is 1. The van der Waals surface area contributed by atoms with E-state index >= 15 is 0 Å². The minimum Gasteiger partial charge on any atom is -0.426 e. The molecule has 0 saturated heterocycles. The van der Waals surface area contributed by atoms with Crippen LogP contribution >= 0.6 is 0 Å². The lowest BCUT2D eigenvalue weighted by atomic mass is 10.1. The predicted octanol–water partition coefficient (Wildman–Crippen LogP) is 4.93. The first-order chi connectivity index (χ1) is 11.1. The molecule has 2 aromatic rings. The summed E-state index contributed by atoms with van der Waals surface area (Å²) in [5.41, 5.74) is 1.89. The molecule has 0 amide bonds. The molecule has 0 aliphatic rings. The Morgan fingerprint density at radius 3 is 2.09 bits per heavy atom. The van der Waals surface area contributed by atoms with E-state index in [-0.39, 0.29) is 11.9 Å². The molecule has 0 N–H and O–H groups in total. The van der Waals surface area contributed by atoms with E-state index in [4.69, 9.17) is 10.00 Å². The zero-order chi connectivity index (χ0) is 16.7. The third kappa shape index (κ3) is 4.75. The summed E-state index contributed by atoms with van der Waals surface area (Å²) in [5.74, 6) is 0.137. The Morgan fingerprint density at radius 2 is 1.61 bits per heavy atom. The van der Waals surface area contributed by atoms with Crippen LogP contribution in [-0.2, 0) is 4.79 Å². The summed E-state index contributed by atoms with van der Waals surface area (Å²) in [7, 11) is 0. The van der Waals surface area contributed by atoms with Crippen LogP contribution in [0.2, 0.25) is 0 Å². The number of carbonyl (C=O) groups excluding carboxylic acids is 1. The van der Waals surface area contributed by atoms with Crippen LogP contribution in [-0.4, -0.2) is 5.97 Å². The van der Waals surface area contributed by atoms with Gasteiger partial charge in [0.25, 0.3) is 0 Å². The summed E-state index contributed by atoms with van der Waals surface area (Å²) in [5, 5.41) is 16.9. The normalized spacial score (nSPS) is 11.9. The number of benzene rings is 2. The van der Waals surface area contributed by atoms with Gasteiger partial charge >= 0.3 is 5.97 Å². The topological polar surface area (TPSA) is 74.8 Å². The quantitative estimate of drug-likeness (QED) is 0.446.